The van der Waals surface area contributed by atoms with Gasteiger partial charge in [-0.1, -0.05) is 39.0 Å². The van der Waals surface area contributed by atoms with Gasteiger partial charge in [-0.3, -0.25) is 4.79 Å². The molecule has 6 rings (SSSR count). The number of ketones is 1. The van der Waals surface area contributed by atoms with Crippen LogP contribution in [0.15, 0.2) is 46.0 Å². The molecule has 0 amide bonds. The Morgan fingerprint density at radius 1 is 1.31 bits per heavy atom. The normalized spacial score (nSPS) is 41.4. The van der Waals surface area contributed by atoms with E-state index in [9.17, 15) is 24.5 Å². The standard InChI is InChI=1S/C27H30FNO6/c1-12-10-26-13(2)8-16-20(25(16,3)4)15(22(26)32)9-14(11-30)21(31)27(26,33)23(12)34-24-19-17(28)6-5-7-18(19)35-29-24/h5-7,9-10,13,15-16,20-21,23,30-31,33H,8,11H2,1-4H3/t13-,15+,16-,20+,21-,23+,26+,27+/m1/s1. The Labute approximate surface area is 202 Å². The van der Waals surface area contributed by atoms with Crippen LogP contribution >= 0.6 is 0 Å². The lowest BCUT2D eigenvalue weighted by atomic mass is 9.59. The van der Waals surface area contributed by atoms with Crippen LogP contribution in [0.4, 0.5) is 4.39 Å². The monoisotopic (exact) mass is 483 g/mol. The summed E-state index contributed by atoms with van der Waals surface area (Å²) in [5.74, 6) is -1.44. The van der Waals surface area contributed by atoms with Crippen LogP contribution in [0.5, 0.6) is 5.88 Å². The Balaban J connectivity index is 1.53. The van der Waals surface area contributed by atoms with E-state index in [4.69, 9.17) is 9.26 Å². The lowest BCUT2D eigenvalue weighted by Crippen LogP contribution is -2.66. The third-order valence-corrected chi connectivity index (χ3v) is 9.54. The highest BCUT2D eigenvalue weighted by Crippen LogP contribution is 2.71. The minimum absolute atomic E-state index is 0.0204. The van der Waals surface area contributed by atoms with Crippen LogP contribution in [-0.4, -0.2) is 50.7 Å². The molecule has 8 atom stereocenters. The van der Waals surface area contributed by atoms with Gasteiger partial charge in [0.15, 0.2) is 23.1 Å². The van der Waals surface area contributed by atoms with E-state index in [1.165, 1.54) is 12.1 Å². The molecule has 0 aliphatic heterocycles. The Hall–Kier alpha value is -2.55. The van der Waals surface area contributed by atoms with Crippen molar-refractivity contribution in [3.05, 3.63) is 47.3 Å². The number of nitrogens with zero attached hydrogens (tertiary/aromatic N) is 1. The summed E-state index contributed by atoms with van der Waals surface area (Å²) in [6.45, 7) is 7.44. The number of aliphatic hydroxyl groups is 3. The van der Waals surface area contributed by atoms with E-state index in [1.54, 1.807) is 25.1 Å². The molecule has 7 nitrogen and oxygen atoms in total. The van der Waals surface area contributed by atoms with Gasteiger partial charge in [-0.2, -0.15) is 0 Å². The molecule has 2 bridgehead atoms. The average molecular weight is 484 g/mol. The van der Waals surface area contributed by atoms with Crippen LogP contribution in [-0.2, 0) is 4.79 Å². The van der Waals surface area contributed by atoms with Crippen LogP contribution in [0, 0.1) is 40.3 Å². The van der Waals surface area contributed by atoms with Crippen LogP contribution in [0.3, 0.4) is 0 Å². The minimum Gasteiger partial charge on any atom is -0.464 e. The number of benzene rings is 1. The Kier molecular flexibility index (Phi) is 4.59. The number of rotatable bonds is 3. The quantitative estimate of drug-likeness (QED) is 0.575. The zero-order chi connectivity index (χ0) is 25.1. The predicted octanol–water partition coefficient (Wildman–Crippen LogP) is 3.18. The van der Waals surface area contributed by atoms with Gasteiger partial charge >= 0.3 is 0 Å². The zero-order valence-corrected chi connectivity index (χ0v) is 20.2. The van der Waals surface area contributed by atoms with Gasteiger partial charge in [0, 0.05) is 5.92 Å². The molecule has 35 heavy (non-hydrogen) atoms. The maximum absolute atomic E-state index is 14.6. The summed E-state index contributed by atoms with van der Waals surface area (Å²) in [6.07, 6.45) is 1.32. The molecule has 0 unspecified atom stereocenters. The summed E-state index contributed by atoms with van der Waals surface area (Å²) in [4.78, 5) is 14.4. The molecule has 4 aliphatic rings. The number of Topliss-reactive ketones (excluding diaryl/α,β-unsaturated/α-hetero) is 1. The van der Waals surface area contributed by atoms with Crippen LogP contribution < -0.4 is 4.74 Å². The summed E-state index contributed by atoms with van der Waals surface area (Å²) in [5, 5.41) is 38.2. The first kappa shape index (κ1) is 22.9. The molecule has 2 fully saturated rings. The van der Waals surface area contributed by atoms with Gasteiger partial charge in [0.05, 0.1) is 12.0 Å². The molecule has 1 aromatic carbocycles. The number of carbonyl (C=O) groups is 1. The molecule has 2 aromatic rings. The van der Waals surface area contributed by atoms with Gasteiger partial charge in [0.1, 0.15) is 17.3 Å². The lowest BCUT2D eigenvalue weighted by molar-refractivity contribution is -0.186. The van der Waals surface area contributed by atoms with Crippen molar-refractivity contribution in [2.45, 2.75) is 51.9 Å². The molecule has 8 heteroatoms. The first-order valence-electron chi connectivity index (χ1n) is 12.2. The van der Waals surface area contributed by atoms with Crippen molar-refractivity contribution in [3.8, 4) is 5.88 Å². The second-order valence-corrected chi connectivity index (χ2v) is 11.5. The molecule has 186 valence electrons. The largest absolute Gasteiger partial charge is 0.464 e. The first-order valence-corrected chi connectivity index (χ1v) is 12.2. The summed E-state index contributed by atoms with van der Waals surface area (Å²) in [5.41, 5.74) is -2.72. The SMILES string of the molecule is CC1=C[C@]23C(=O)[C@@H](C=C(CO)[C@@H](O)[C@]2(O)[C@H]1Oc1noc2cccc(F)c12)[C@H]1[C@@H](C[C@H]3C)C1(C)C. The molecular formula is C27H30FNO6. The third kappa shape index (κ3) is 2.60. The molecule has 1 aromatic heterocycles. The second kappa shape index (κ2) is 7.02. The fourth-order valence-electron chi connectivity index (χ4n) is 7.71. The fraction of sp³-hybridized carbons (Fsp3) is 0.556. The third-order valence-electron chi connectivity index (χ3n) is 9.54. The van der Waals surface area contributed by atoms with Crippen molar-refractivity contribution in [1.29, 1.82) is 0 Å². The number of hydrogen-bond acceptors (Lipinski definition) is 7. The first-order chi connectivity index (χ1) is 16.5. The van der Waals surface area contributed by atoms with E-state index in [0.29, 0.717) is 12.0 Å². The molecular weight excluding hydrogens is 453 g/mol. The van der Waals surface area contributed by atoms with E-state index < -0.39 is 41.6 Å². The highest BCUT2D eigenvalue weighted by molar-refractivity contribution is 5.95. The van der Waals surface area contributed by atoms with E-state index in [0.717, 1.165) is 0 Å². The summed E-state index contributed by atoms with van der Waals surface area (Å²) in [6, 6.07) is 4.29. The Morgan fingerprint density at radius 2 is 2.06 bits per heavy atom. The van der Waals surface area contributed by atoms with Crippen molar-refractivity contribution in [2.24, 2.45) is 34.5 Å². The van der Waals surface area contributed by atoms with Gasteiger partial charge in [0.25, 0.3) is 5.88 Å². The number of aromatic nitrogens is 1. The fourth-order valence-corrected chi connectivity index (χ4v) is 7.71. The summed E-state index contributed by atoms with van der Waals surface area (Å²) in [7, 11) is 0. The van der Waals surface area contributed by atoms with Crippen LogP contribution in [0.2, 0.25) is 0 Å². The van der Waals surface area contributed by atoms with Crippen LogP contribution in [0.25, 0.3) is 11.0 Å². The van der Waals surface area contributed by atoms with Gasteiger partial charge in [-0.15, -0.1) is 0 Å². The Morgan fingerprint density at radius 3 is 2.77 bits per heavy atom. The molecule has 0 radical (unpaired) electrons. The Bertz CT molecular complexity index is 1310. The number of fused-ring (bicyclic) bond motifs is 4. The highest BCUT2D eigenvalue weighted by Gasteiger charge is 2.76. The molecule has 1 heterocycles. The number of hydrogen-bond donors (Lipinski definition) is 3. The summed E-state index contributed by atoms with van der Waals surface area (Å²) >= 11 is 0. The molecule has 1 spiro atoms. The average Bonchev–Trinajstić information content (AvgIpc) is 3.09. The zero-order valence-electron chi connectivity index (χ0n) is 20.2. The minimum atomic E-state index is -2.13. The van der Waals surface area contributed by atoms with E-state index in [2.05, 4.69) is 19.0 Å². The van der Waals surface area contributed by atoms with Crippen molar-refractivity contribution in [2.75, 3.05) is 6.61 Å². The summed E-state index contributed by atoms with van der Waals surface area (Å²) < 4.78 is 26.0. The number of aliphatic hydroxyl groups excluding tert-OH is 2. The number of carbonyl (C=O) groups excluding carboxylic acids is 1. The molecule has 4 aliphatic carbocycles. The highest BCUT2D eigenvalue weighted by atomic mass is 19.1. The molecule has 2 saturated carbocycles. The molecule has 3 N–H and O–H groups in total. The maximum Gasteiger partial charge on any atom is 0.265 e. The van der Waals surface area contributed by atoms with Crippen molar-refractivity contribution in [3.63, 3.8) is 0 Å². The van der Waals surface area contributed by atoms with E-state index in [-0.39, 0.29) is 51.4 Å². The van der Waals surface area contributed by atoms with Crippen LogP contribution in [0.1, 0.15) is 34.1 Å². The van der Waals surface area contributed by atoms with E-state index >= 15 is 0 Å². The second-order valence-electron chi connectivity index (χ2n) is 11.5. The number of halogens is 1. The van der Waals surface area contributed by atoms with Gasteiger partial charge in [0.2, 0.25) is 0 Å². The molecule has 0 saturated heterocycles. The number of ether oxygens (including phenoxy) is 1. The predicted molar refractivity (Wildman–Crippen MR) is 124 cm³/mol. The van der Waals surface area contributed by atoms with Crippen molar-refractivity contribution < 1.29 is 33.8 Å². The lowest BCUT2D eigenvalue weighted by Gasteiger charge is -2.48. The van der Waals surface area contributed by atoms with Gasteiger partial charge in [-0.25, -0.2) is 4.39 Å². The number of allylic oxidation sites excluding steroid dienone is 1. The van der Waals surface area contributed by atoms with Crippen molar-refractivity contribution in [1.82, 2.24) is 5.16 Å². The van der Waals surface area contributed by atoms with Gasteiger partial charge < -0.3 is 24.6 Å². The topological polar surface area (TPSA) is 113 Å². The van der Waals surface area contributed by atoms with E-state index in [1.807, 2.05) is 6.92 Å². The van der Waals surface area contributed by atoms with Crippen molar-refractivity contribution >= 4 is 16.8 Å². The maximum atomic E-state index is 14.6. The smallest absolute Gasteiger partial charge is 0.265 e. The van der Waals surface area contributed by atoms with Gasteiger partial charge in [-0.05, 0) is 64.9 Å².